The molecular formula is C29H36N4O3S. The maximum atomic E-state index is 12.9. The van der Waals surface area contributed by atoms with E-state index < -0.39 is 5.54 Å². The molecule has 1 fully saturated rings. The van der Waals surface area contributed by atoms with Crippen molar-refractivity contribution in [3.05, 3.63) is 58.9 Å². The van der Waals surface area contributed by atoms with Gasteiger partial charge in [-0.25, -0.2) is 4.79 Å². The predicted molar refractivity (Wildman–Crippen MR) is 149 cm³/mol. The van der Waals surface area contributed by atoms with Crippen LogP contribution in [0.15, 0.2) is 53.4 Å². The second kappa shape index (κ2) is 11.4. The van der Waals surface area contributed by atoms with Crippen molar-refractivity contribution in [2.24, 2.45) is 11.7 Å². The Hall–Kier alpha value is -3.23. The number of pyridine rings is 1. The van der Waals surface area contributed by atoms with Crippen LogP contribution in [-0.4, -0.2) is 42.1 Å². The Bertz CT molecular complexity index is 1210. The number of nitrogens with two attached hydrogens (primary N) is 1. The van der Waals surface area contributed by atoms with Crippen LogP contribution in [0.1, 0.15) is 51.5 Å². The number of thiophene rings is 1. The number of anilines is 1. The van der Waals surface area contributed by atoms with Crippen LogP contribution in [0.3, 0.4) is 0 Å². The summed E-state index contributed by atoms with van der Waals surface area (Å²) in [6.07, 6.45) is 5.45. The van der Waals surface area contributed by atoms with Crippen LogP contribution < -0.4 is 11.1 Å². The Morgan fingerprint density at radius 3 is 2.43 bits per heavy atom. The van der Waals surface area contributed by atoms with Gasteiger partial charge < -0.3 is 20.7 Å². The molecular weight excluding hydrogens is 484 g/mol. The molecule has 2 heterocycles. The van der Waals surface area contributed by atoms with Crippen LogP contribution in [0.4, 0.5) is 10.5 Å². The minimum Gasteiger partial charge on any atom is -0.453 e. The van der Waals surface area contributed by atoms with Crippen LogP contribution in [0, 0.1) is 5.92 Å². The average Bonchev–Trinajstić information content (AvgIpc) is 3.43. The third-order valence-corrected chi connectivity index (χ3v) is 7.89. The lowest BCUT2D eigenvalue weighted by Gasteiger charge is -2.33. The topological polar surface area (TPSA) is 97.5 Å². The van der Waals surface area contributed by atoms with E-state index in [4.69, 9.17) is 15.5 Å². The van der Waals surface area contributed by atoms with Gasteiger partial charge in [0.05, 0.1) is 24.7 Å². The predicted octanol–water partition coefficient (Wildman–Crippen LogP) is 6.26. The Balaban J connectivity index is 1.45. The number of hydrogen-bond acceptors (Lipinski definition) is 6. The first kappa shape index (κ1) is 26.8. The first-order valence-corrected chi connectivity index (χ1v) is 13.6. The van der Waals surface area contributed by atoms with Crippen molar-refractivity contribution >= 4 is 29.0 Å². The largest absolute Gasteiger partial charge is 0.453 e. The van der Waals surface area contributed by atoms with Crippen molar-refractivity contribution in [2.45, 2.75) is 57.5 Å². The molecule has 7 nitrogen and oxygen atoms in total. The zero-order valence-corrected chi connectivity index (χ0v) is 22.8. The second-order valence-electron chi connectivity index (χ2n) is 10.4. The minimum absolute atomic E-state index is 0.00915. The summed E-state index contributed by atoms with van der Waals surface area (Å²) in [5.41, 5.74) is 11.5. The van der Waals surface area contributed by atoms with Crippen LogP contribution in [0.2, 0.25) is 0 Å². The summed E-state index contributed by atoms with van der Waals surface area (Å²) in [4.78, 5) is 31.1. The Morgan fingerprint density at radius 2 is 1.84 bits per heavy atom. The third kappa shape index (κ3) is 6.56. The van der Waals surface area contributed by atoms with E-state index in [-0.39, 0.29) is 18.0 Å². The number of rotatable bonds is 7. The maximum absolute atomic E-state index is 12.9. The molecule has 8 heteroatoms. The zero-order chi connectivity index (χ0) is 26.6. The quantitative estimate of drug-likeness (QED) is 0.383. The molecule has 4 rings (SSSR count). The number of ether oxygens (including phenoxy) is 1. The van der Waals surface area contributed by atoms with Crippen molar-refractivity contribution in [1.82, 2.24) is 9.88 Å². The van der Waals surface area contributed by atoms with Gasteiger partial charge in [-0.15, -0.1) is 0 Å². The molecule has 0 unspecified atom stereocenters. The first-order valence-electron chi connectivity index (χ1n) is 12.7. The Morgan fingerprint density at radius 1 is 1.14 bits per heavy atom. The lowest BCUT2D eigenvalue weighted by molar-refractivity contribution is -0.117. The standard InChI is InChI=1S/C29H36N4O3S/c1-29(2,30)22-9-7-20(8-10-22)27-25(21-13-14-37-18-21)16-23(17-31-27)32-26(34)15-19-5-11-24(12-6-19)33(3)28(35)36-4/h7-10,13-14,16-19,24H,5-6,11-12,15,30H2,1-4H3,(H,32,34). The van der Waals surface area contributed by atoms with E-state index in [2.05, 4.69) is 16.8 Å². The van der Waals surface area contributed by atoms with Gasteiger partial charge in [0.1, 0.15) is 0 Å². The summed E-state index contributed by atoms with van der Waals surface area (Å²) in [7, 11) is 3.18. The molecule has 37 heavy (non-hydrogen) atoms. The highest BCUT2D eigenvalue weighted by molar-refractivity contribution is 7.08. The van der Waals surface area contributed by atoms with Gasteiger partial charge in [0, 0.05) is 36.2 Å². The molecule has 0 spiro atoms. The van der Waals surface area contributed by atoms with Crippen molar-refractivity contribution in [2.75, 3.05) is 19.5 Å². The van der Waals surface area contributed by atoms with E-state index in [0.717, 1.165) is 53.6 Å². The minimum atomic E-state index is -0.410. The lowest BCUT2D eigenvalue weighted by Crippen LogP contribution is -2.39. The summed E-state index contributed by atoms with van der Waals surface area (Å²) in [5.74, 6) is 0.293. The fraction of sp³-hybridized carbons (Fsp3) is 0.414. The second-order valence-corrected chi connectivity index (χ2v) is 11.2. The van der Waals surface area contributed by atoms with Crippen LogP contribution >= 0.6 is 11.3 Å². The third-order valence-electron chi connectivity index (χ3n) is 7.21. The van der Waals surface area contributed by atoms with Crippen LogP contribution in [0.25, 0.3) is 22.4 Å². The number of nitrogens with zero attached hydrogens (tertiary/aromatic N) is 2. The number of hydrogen-bond donors (Lipinski definition) is 2. The zero-order valence-electron chi connectivity index (χ0n) is 22.0. The van der Waals surface area contributed by atoms with Gasteiger partial charge in [0.2, 0.25) is 5.91 Å². The highest BCUT2D eigenvalue weighted by atomic mass is 32.1. The van der Waals surface area contributed by atoms with Crippen molar-refractivity contribution in [3.8, 4) is 22.4 Å². The van der Waals surface area contributed by atoms with E-state index in [1.165, 1.54) is 7.11 Å². The van der Waals surface area contributed by atoms with E-state index in [0.29, 0.717) is 18.0 Å². The van der Waals surface area contributed by atoms with Gasteiger partial charge in [0.15, 0.2) is 0 Å². The molecule has 1 aliphatic carbocycles. The number of methoxy groups -OCH3 is 1. The molecule has 3 aromatic rings. The normalized spacial score (nSPS) is 17.8. The molecule has 0 saturated heterocycles. The van der Waals surface area contributed by atoms with Gasteiger partial charge in [-0.2, -0.15) is 11.3 Å². The summed E-state index contributed by atoms with van der Waals surface area (Å²) in [5, 5.41) is 7.19. The van der Waals surface area contributed by atoms with Crippen molar-refractivity contribution in [1.29, 1.82) is 0 Å². The Labute approximate surface area is 223 Å². The van der Waals surface area contributed by atoms with Crippen LogP contribution in [-0.2, 0) is 15.1 Å². The number of amides is 2. The molecule has 2 amide bonds. The van der Waals surface area contributed by atoms with Gasteiger partial charge in [-0.05, 0) is 79.5 Å². The molecule has 1 saturated carbocycles. The monoisotopic (exact) mass is 520 g/mol. The smallest absolute Gasteiger partial charge is 0.409 e. The molecule has 2 aromatic heterocycles. The molecule has 1 aliphatic rings. The highest BCUT2D eigenvalue weighted by Crippen LogP contribution is 2.35. The number of carbonyl (C=O) groups is 2. The molecule has 196 valence electrons. The molecule has 0 aliphatic heterocycles. The number of carbonyl (C=O) groups excluding carboxylic acids is 2. The van der Waals surface area contributed by atoms with Gasteiger partial charge in [0.25, 0.3) is 0 Å². The number of benzene rings is 1. The molecule has 0 bridgehead atoms. The number of aromatic nitrogens is 1. The summed E-state index contributed by atoms with van der Waals surface area (Å²) in [6.45, 7) is 3.97. The van der Waals surface area contributed by atoms with E-state index in [1.54, 1.807) is 29.5 Å². The van der Waals surface area contributed by atoms with Crippen molar-refractivity contribution in [3.63, 3.8) is 0 Å². The SMILES string of the molecule is COC(=O)N(C)C1CCC(CC(=O)Nc2cnc(-c3ccc(C(C)(C)N)cc3)c(-c3ccsc3)c2)CC1. The highest BCUT2D eigenvalue weighted by Gasteiger charge is 2.28. The van der Waals surface area contributed by atoms with E-state index in [9.17, 15) is 9.59 Å². The van der Waals surface area contributed by atoms with Gasteiger partial charge >= 0.3 is 6.09 Å². The van der Waals surface area contributed by atoms with Gasteiger partial charge in [-0.3, -0.25) is 9.78 Å². The Kier molecular flexibility index (Phi) is 8.29. The fourth-order valence-electron chi connectivity index (χ4n) is 4.96. The molecule has 3 N–H and O–H groups in total. The van der Waals surface area contributed by atoms with Crippen molar-refractivity contribution < 1.29 is 14.3 Å². The first-order chi connectivity index (χ1) is 17.7. The molecule has 0 radical (unpaired) electrons. The lowest BCUT2D eigenvalue weighted by atomic mass is 9.83. The van der Waals surface area contributed by atoms with E-state index >= 15 is 0 Å². The summed E-state index contributed by atoms with van der Waals surface area (Å²) in [6, 6.07) is 12.4. The summed E-state index contributed by atoms with van der Waals surface area (Å²) < 4.78 is 4.83. The van der Waals surface area contributed by atoms with Crippen LogP contribution in [0.5, 0.6) is 0 Å². The molecule has 0 atom stereocenters. The average molecular weight is 521 g/mol. The fourth-order valence-corrected chi connectivity index (χ4v) is 5.62. The summed E-state index contributed by atoms with van der Waals surface area (Å²) >= 11 is 1.63. The van der Waals surface area contributed by atoms with E-state index in [1.807, 2.05) is 49.6 Å². The number of nitrogens with one attached hydrogen (secondary N) is 1. The van der Waals surface area contributed by atoms with Gasteiger partial charge in [-0.1, -0.05) is 24.3 Å². The maximum Gasteiger partial charge on any atom is 0.409 e. The molecule has 1 aromatic carbocycles.